The van der Waals surface area contributed by atoms with Gasteiger partial charge in [0, 0.05) is 17.3 Å². The highest BCUT2D eigenvalue weighted by atomic mass is 32.2. The lowest BCUT2D eigenvalue weighted by molar-refractivity contribution is 0.501. The minimum Gasteiger partial charge on any atom is -0.327 e. The second kappa shape index (κ2) is 4.92. The van der Waals surface area contributed by atoms with Crippen LogP contribution in [0.5, 0.6) is 0 Å². The van der Waals surface area contributed by atoms with Gasteiger partial charge >= 0.3 is 0 Å². The topological polar surface area (TPSA) is 55.6 Å². The zero-order valence-electron chi connectivity index (χ0n) is 10.4. The van der Waals surface area contributed by atoms with Gasteiger partial charge in [0.2, 0.25) is 11.1 Å². The fraction of sp³-hybridized carbons (Fsp3) is 0.154. The van der Waals surface area contributed by atoms with Crippen molar-refractivity contribution < 1.29 is 0 Å². The van der Waals surface area contributed by atoms with Crippen molar-refractivity contribution in [3.05, 3.63) is 52.5 Å². The molecule has 0 spiro atoms. The van der Waals surface area contributed by atoms with Gasteiger partial charge < -0.3 is 5.32 Å². The van der Waals surface area contributed by atoms with Crippen molar-refractivity contribution in [2.24, 2.45) is 0 Å². The molecule has 0 radical (unpaired) electrons. The highest BCUT2D eigenvalue weighted by Crippen LogP contribution is 2.34. The number of aromatic nitrogens is 4. The standard InChI is InChI=1S/C13H11N5S2/c1-2-4-9(5-3-1)8-20-13-16-12-15-10(18(12)17-13)11-14-6-7-19-11/h1-7,10H,8H2,(H,15,16,17). The van der Waals surface area contributed by atoms with Gasteiger partial charge in [-0.05, 0) is 5.56 Å². The van der Waals surface area contributed by atoms with Crippen LogP contribution in [0, 0.1) is 0 Å². The van der Waals surface area contributed by atoms with Crippen LogP contribution in [-0.4, -0.2) is 19.7 Å². The van der Waals surface area contributed by atoms with Crippen molar-refractivity contribution in [2.75, 3.05) is 5.32 Å². The van der Waals surface area contributed by atoms with Gasteiger partial charge in [-0.15, -0.1) is 16.4 Å². The molecule has 1 aliphatic rings. The van der Waals surface area contributed by atoms with E-state index in [-0.39, 0.29) is 6.17 Å². The number of hydrogen-bond acceptors (Lipinski definition) is 6. The van der Waals surface area contributed by atoms with E-state index in [4.69, 9.17) is 0 Å². The van der Waals surface area contributed by atoms with E-state index < -0.39 is 0 Å². The Morgan fingerprint density at radius 1 is 1.30 bits per heavy atom. The summed E-state index contributed by atoms with van der Waals surface area (Å²) in [7, 11) is 0. The Bertz CT molecular complexity index is 708. The second-order valence-corrected chi connectivity index (χ2v) is 6.22. The number of thiazole rings is 1. The molecule has 1 aromatic carbocycles. The Balaban J connectivity index is 1.47. The van der Waals surface area contributed by atoms with Gasteiger partial charge in [0.05, 0.1) is 0 Å². The van der Waals surface area contributed by atoms with Crippen LogP contribution in [0.2, 0.25) is 0 Å². The van der Waals surface area contributed by atoms with E-state index in [0.717, 1.165) is 21.9 Å². The monoisotopic (exact) mass is 301 g/mol. The number of rotatable bonds is 4. The molecule has 1 aliphatic heterocycles. The van der Waals surface area contributed by atoms with E-state index in [1.54, 1.807) is 23.1 Å². The average Bonchev–Trinajstić information content (AvgIpc) is 3.09. The van der Waals surface area contributed by atoms with Crippen LogP contribution in [0.3, 0.4) is 0 Å². The molecule has 0 bridgehead atoms. The summed E-state index contributed by atoms with van der Waals surface area (Å²) in [4.78, 5) is 8.75. The van der Waals surface area contributed by atoms with Crippen LogP contribution in [0.15, 0.2) is 47.1 Å². The fourth-order valence-electron chi connectivity index (χ4n) is 2.02. The summed E-state index contributed by atoms with van der Waals surface area (Å²) in [6.07, 6.45) is 1.85. The molecule has 20 heavy (non-hydrogen) atoms. The Hall–Kier alpha value is -1.86. The first kappa shape index (κ1) is 11.9. The lowest BCUT2D eigenvalue weighted by atomic mass is 10.2. The number of fused-ring (bicyclic) bond motifs is 1. The molecule has 0 saturated carbocycles. The number of thioether (sulfide) groups is 1. The van der Waals surface area contributed by atoms with Crippen molar-refractivity contribution >= 4 is 29.0 Å². The van der Waals surface area contributed by atoms with Crippen LogP contribution in [-0.2, 0) is 5.75 Å². The molecule has 1 atom stereocenters. The van der Waals surface area contributed by atoms with Gasteiger partial charge in [0.1, 0.15) is 5.01 Å². The molecule has 0 saturated heterocycles. The van der Waals surface area contributed by atoms with Gasteiger partial charge in [0.15, 0.2) is 6.17 Å². The minimum atomic E-state index is 0.0450. The third-order valence-electron chi connectivity index (χ3n) is 3.02. The van der Waals surface area contributed by atoms with E-state index in [1.807, 2.05) is 34.5 Å². The van der Waals surface area contributed by atoms with Gasteiger partial charge in [-0.1, -0.05) is 42.1 Å². The van der Waals surface area contributed by atoms with Gasteiger partial charge in [-0.2, -0.15) is 4.98 Å². The molecule has 100 valence electrons. The molecular weight excluding hydrogens is 290 g/mol. The summed E-state index contributed by atoms with van der Waals surface area (Å²) in [6.45, 7) is 0. The maximum absolute atomic E-state index is 4.52. The molecule has 4 rings (SSSR count). The summed E-state index contributed by atoms with van der Waals surface area (Å²) < 4.78 is 1.90. The quantitative estimate of drug-likeness (QED) is 0.751. The van der Waals surface area contributed by atoms with Gasteiger partial charge in [-0.25, -0.2) is 9.67 Å². The SMILES string of the molecule is c1ccc(CSc2nc3n(n2)C(c2nccs2)N3)cc1. The lowest BCUT2D eigenvalue weighted by Gasteiger charge is -2.26. The molecule has 0 fully saturated rings. The predicted octanol–water partition coefficient (Wildman–Crippen LogP) is 3.00. The van der Waals surface area contributed by atoms with E-state index in [9.17, 15) is 0 Å². The summed E-state index contributed by atoms with van der Waals surface area (Å²) in [5.41, 5.74) is 1.28. The average molecular weight is 301 g/mol. The highest BCUT2D eigenvalue weighted by molar-refractivity contribution is 7.98. The number of anilines is 1. The van der Waals surface area contributed by atoms with Crippen LogP contribution < -0.4 is 5.32 Å². The van der Waals surface area contributed by atoms with Crippen molar-refractivity contribution in [3.63, 3.8) is 0 Å². The highest BCUT2D eigenvalue weighted by Gasteiger charge is 2.32. The van der Waals surface area contributed by atoms with Crippen LogP contribution >= 0.6 is 23.1 Å². The van der Waals surface area contributed by atoms with Crippen molar-refractivity contribution in [2.45, 2.75) is 17.1 Å². The predicted molar refractivity (Wildman–Crippen MR) is 79.9 cm³/mol. The molecule has 3 heterocycles. The molecule has 2 aromatic heterocycles. The molecule has 7 heteroatoms. The van der Waals surface area contributed by atoms with Crippen LogP contribution in [0.4, 0.5) is 5.95 Å². The molecule has 5 nitrogen and oxygen atoms in total. The number of benzene rings is 1. The van der Waals surface area contributed by atoms with E-state index in [2.05, 4.69) is 32.5 Å². The Morgan fingerprint density at radius 2 is 2.20 bits per heavy atom. The minimum absolute atomic E-state index is 0.0450. The van der Waals surface area contributed by atoms with Crippen molar-refractivity contribution in [1.82, 2.24) is 19.7 Å². The number of nitrogens with zero attached hydrogens (tertiary/aromatic N) is 4. The first-order valence-electron chi connectivity index (χ1n) is 6.19. The van der Waals surface area contributed by atoms with Crippen molar-refractivity contribution in [1.29, 1.82) is 0 Å². The second-order valence-electron chi connectivity index (χ2n) is 4.35. The molecule has 0 amide bonds. The largest absolute Gasteiger partial charge is 0.327 e. The van der Waals surface area contributed by atoms with E-state index in [1.165, 1.54) is 5.56 Å². The van der Waals surface area contributed by atoms with E-state index in [0.29, 0.717) is 0 Å². The summed E-state index contributed by atoms with van der Waals surface area (Å²) in [6, 6.07) is 10.3. The zero-order valence-corrected chi connectivity index (χ0v) is 12.1. The van der Waals surface area contributed by atoms with Crippen LogP contribution in [0.1, 0.15) is 16.7 Å². The first-order chi connectivity index (χ1) is 9.90. The summed E-state index contributed by atoms with van der Waals surface area (Å²) >= 11 is 3.27. The first-order valence-corrected chi connectivity index (χ1v) is 8.06. The van der Waals surface area contributed by atoms with Gasteiger partial charge in [-0.3, -0.25) is 0 Å². The summed E-state index contributed by atoms with van der Waals surface area (Å²) in [5, 5.41) is 11.6. The normalized spacial score (nSPS) is 16.3. The Kier molecular flexibility index (Phi) is 2.93. The molecule has 0 aliphatic carbocycles. The molecule has 3 aromatic rings. The number of hydrogen-bond donors (Lipinski definition) is 1. The Labute approximate surface area is 124 Å². The third-order valence-corrected chi connectivity index (χ3v) is 4.76. The summed E-state index contributed by atoms with van der Waals surface area (Å²) in [5.74, 6) is 1.70. The van der Waals surface area contributed by atoms with E-state index >= 15 is 0 Å². The maximum atomic E-state index is 4.52. The van der Waals surface area contributed by atoms with Crippen molar-refractivity contribution in [3.8, 4) is 0 Å². The molecule has 1 N–H and O–H groups in total. The fourth-order valence-corrected chi connectivity index (χ4v) is 3.47. The molecular formula is C13H11N5S2. The zero-order chi connectivity index (χ0) is 13.4. The molecule has 1 unspecified atom stereocenters. The lowest BCUT2D eigenvalue weighted by Crippen LogP contribution is -2.32. The maximum Gasteiger partial charge on any atom is 0.226 e. The smallest absolute Gasteiger partial charge is 0.226 e. The van der Waals surface area contributed by atoms with Gasteiger partial charge in [0.25, 0.3) is 0 Å². The third kappa shape index (κ3) is 2.08. The Morgan fingerprint density at radius 3 is 3.00 bits per heavy atom. The van der Waals surface area contributed by atoms with Crippen LogP contribution in [0.25, 0.3) is 0 Å². The number of nitrogens with one attached hydrogen (secondary N) is 1.